The lowest BCUT2D eigenvalue weighted by atomic mass is 9.85. The van der Waals surface area contributed by atoms with Crippen molar-refractivity contribution in [2.45, 2.75) is 46.5 Å². The highest BCUT2D eigenvalue weighted by molar-refractivity contribution is 5.72. The SMILES string of the molecule is CCOc1cc(C(C)(C)C)cc(CC(=O)O)c1OCC. The van der Waals surface area contributed by atoms with E-state index in [1.807, 2.05) is 26.0 Å². The highest BCUT2D eigenvalue weighted by Crippen LogP contribution is 2.37. The summed E-state index contributed by atoms with van der Waals surface area (Å²) in [5.74, 6) is 0.294. The summed E-state index contributed by atoms with van der Waals surface area (Å²) in [6, 6.07) is 3.85. The zero-order chi connectivity index (χ0) is 15.3. The second-order valence-electron chi connectivity index (χ2n) is 5.65. The fourth-order valence-electron chi connectivity index (χ4n) is 1.96. The number of hydrogen-bond donors (Lipinski definition) is 1. The first-order valence-corrected chi connectivity index (χ1v) is 6.94. The number of benzene rings is 1. The first kappa shape index (κ1) is 16.3. The van der Waals surface area contributed by atoms with Crippen LogP contribution in [0, 0.1) is 0 Å². The van der Waals surface area contributed by atoms with Crippen molar-refractivity contribution in [3.63, 3.8) is 0 Å². The van der Waals surface area contributed by atoms with Crippen LogP contribution in [-0.4, -0.2) is 24.3 Å². The van der Waals surface area contributed by atoms with Gasteiger partial charge in [0.05, 0.1) is 19.6 Å². The second-order valence-corrected chi connectivity index (χ2v) is 5.65. The number of carboxylic acid groups (broad SMARTS) is 1. The van der Waals surface area contributed by atoms with Crippen LogP contribution in [0.3, 0.4) is 0 Å². The average Bonchev–Trinajstić information content (AvgIpc) is 2.31. The summed E-state index contributed by atoms with van der Waals surface area (Å²) >= 11 is 0. The van der Waals surface area contributed by atoms with E-state index in [4.69, 9.17) is 14.6 Å². The first-order valence-electron chi connectivity index (χ1n) is 6.94. The molecule has 0 spiro atoms. The second kappa shape index (κ2) is 6.64. The molecule has 1 N–H and O–H groups in total. The third kappa shape index (κ3) is 4.15. The van der Waals surface area contributed by atoms with Crippen LogP contribution in [0.1, 0.15) is 45.7 Å². The van der Waals surface area contributed by atoms with Crippen LogP contribution >= 0.6 is 0 Å². The Morgan fingerprint density at radius 3 is 2.20 bits per heavy atom. The van der Waals surface area contributed by atoms with Crippen LogP contribution in [0.25, 0.3) is 0 Å². The third-order valence-electron chi connectivity index (χ3n) is 2.93. The van der Waals surface area contributed by atoms with Gasteiger partial charge in [-0.25, -0.2) is 0 Å². The van der Waals surface area contributed by atoms with Gasteiger partial charge in [-0.15, -0.1) is 0 Å². The Bertz CT molecular complexity index is 472. The number of carbonyl (C=O) groups is 1. The number of rotatable bonds is 6. The molecule has 0 bridgehead atoms. The monoisotopic (exact) mass is 280 g/mol. The van der Waals surface area contributed by atoms with Gasteiger partial charge in [0.2, 0.25) is 0 Å². The van der Waals surface area contributed by atoms with Gasteiger partial charge in [0.25, 0.3) is 0 Å². The number of hydrogen-bond acceptors (Lipinski definition) is 3. The van der Waals surface area contributed by atoms with E-state index >= 15 is 0 Å². The number of carboxylic acids is 1. The summed E-state index contributed by atoms with van der Waals surface area (Å²) in [6.07, 6.45) is -0.0701. The van der Waals surface area contributed by atoms with E-state index in [2.05, 4.69) is 20.8 Å². The molecule has 0 fully saturated rings. The highest BCUT2D eigenvalue weighted by Gasteiger charge is 2.21. The fourth-order valence-corrected chi connectivity index (χ4v) is 1.96. The minimum atomic E-state index is -0.875. The zero-order valence-corrected chi connectivity index (χ0v) is 12.9. The van der Waals surface area contributed by atoms with E-state index in [9.17, 15) is 4.79 Å². The van der Waals surface area contributed by atoms with E-state index in [0.29, 0.717) is 30.3 Å². The molecule has 0 unspecified atom stereocenters. The molecular formula is C16H24O4. The van der Waals surface area contributed by atoms with Crippen molar-refractivity contribution in [1.82, 2.24) is 0 Å². The third-order valence-corrected chi connectivity index (χ3v) is 2.93. The lowest BCUT2D eigenvalue weighted by molar-refractivity contribution is -0.136. The Labute approximate surface area is 120 Å². The molecule has 0 saturated carbocycles. The van der Waals surface area contributed by atoms with Crippen LogP contribution in [0.2, 0.25) is 0 Å². The normalized spacial score (nSPS) is 11.2. The van der Waals surface area contributed by atoms with Crippen LogP contribution in [0.5, 0.6) is 11.5 Å². The molecule has 0 saturated heterocycles. The predicted molar refractivity (Wildman–Crippen MR) is 78.8 cm³/mol. The largest absolute Gasteiger partial charge is 0.490 e. The van der Waals surface area contributed by atoms with Crippen LogP contribution < -0.4 is 9.47 Å². The quantitative estimate of drug-likeness (QED) is 0.867. The maximum Gasteiger partial charge on any atom is 0.307 e. The van der Waals surface area contributed by atoms with Gasteiger partial charge in [0, 0.05) is 5.56 Å². The maximum atomic E-state index is 11.1. The average molecular weight is 280 g/mol. The molecule has 0 heterocycles. The van der Waals surface area contributed by atoms with Crippen molar-refractivity contribution in [2.24, 2.45) is 0 Å². The van der Waals surface area contributed by atoms with Gasteiger partial charge in [-0.1, -0.05) is 26.8 Å². The van der Waals surface area contributed by atoms with Gasteiger partial charge in [0.15, 0.2) is 11.5 Å². The molecule has 4 heteroatoms. The van der Waals surface area contributed by atoms with E-state index in [0.717, 1.165) is 5.56 Å². The molecule has 0 aromatic heterocycles. The Balaban J connectivity index is 3.41. The summed E-state index contributed by atoms with van der Waals surface area (Å²) in [6.45, 7) is 11.0. The molecule has 0 atom stereocenters. The molecule has 112 valence electrons. The summed E-state index contributed by atoms with van der Waals surface area (Å²) in [4.78, 5) is 11.1. The van der Waals surface area contributed by atoms with Gasteiger partial charge in [-0.05, 0) is 30.9 Å². The predicted octanol–water partition coefficient (Wildman–Crippen LogP) is 3.41. The Morgan fingerprint density at radius 2 is 1.75 bits per heavy atom. The molecule has 20 heavy (non-hydrogen) atoms. The lowest BCUT2D eigenvalue weighted by Gasteiger charge is -2.23. The fraction of sp³-hybridized carbons (Fsp3) is 0.562. The van der Waals surface area contributed by atoms with Crippen molar-refractivity contribution in [3.05, 3.63) is 23.3 Å². The Morgan fingerprint density at radius 1 is 1.15 bits per heavy atom. The van der Waals surface area contributed by atoms with Crippen molar-refractivity contribution in [2.75, 3.05) is 13.2 Å². The van der Waals surface area contributed by atoms with Crippen molar-refractivity contribution in [3.8, 4) is 11.5 Å². The van der Waals surface area contributed by atoms with Crippen LogP contribution in [0.15, 0.2) is 12.1 Å². The molecule has 0 aliphatic heterocycles. The summed E-state index contributed by atoms with van der Waals surface area (Å²) < 4.78 is 11.2. The van der Waals surface area contributed by atoms with E-state index in [1.54, 1.807) is 0 Å². The van der Waals surface area contributed by atoms with Gasteiger partial charge < -0.3 is 14.6 Å². The molecule has 1 rings (SSSR count). The minimum Gasteiger partial charge on any atom is -0.490 e. The standard InChI is InChI=1S/C16H24O4/c1-6-19-13-10-12(16(3,4)5)8-11(9-14(17)18)15(13)20-7-2/h8,10H,6-7,9H2,1-5H3,(H,17,18). The molecule has 0 radical (unpaired) electrons. The topological polar surface area (TPSA) is 55.8 Å². The lowest BCUT2D eigenvalue weighted by Crippen LogP contribution is -2.14. The van der Waals surface area contributed by atoms with Crippen LogP contribution in [0.4, 0.5) is 0 Å². The maximum absolute atomic E-state index is 11.1. The summed E-state index contributed by atoms with van der Waals surface area (Å²) in [5.41, 5.74) is 1.63. The van der Waals surface area contributed by atoms with Gasteiger partial charge in [-0.3, -0.25) is 4.79 Å². The van der Waals surface area contributed by atoms with Crippen molar-refractivity contribution in [1.29, 1.82) is 0 Å². The molecule has 0 aliphatic rings. The highest BCUT2D eigenvalue weighted by atomic mass is 16.5. The molecule has 4 nitrogen and oxygen atoms in total. The van der Waals surface area contributed by atoms with Crippen molar-refractivity contribution < 1.29 is 19.4 Å². The minimum absolute atomic E-state index is 0.0701. The molecule has 1 aromatic carbocycles. The Hall–Kier alpha value is -1.71. The summed E-state index contributed by atoms with van der Waals surface area (Å²) in [7, 11) is 0. The van der Waals surface area contributed by atoms with E-state index in [-0.39, 0.29) is 11.8 Å². The van der Waals surface area contributed by atoms with E-state index < -0.39 is 5.97 Å². The summed E-state index contributed by atoms with van der Waals surface area (Å²) in [5, 5.41) is 9.08. The molecular weight excluding hydrogens is 256 g/mol. The Kier molecular flexibility index (Phi) is 5.43. The van der Waals surface area contributed by atoms with Crippen LogP contribution in [-0.2, 0) is 16.6 Å². The zero-order valence-electron chi connectivity index (χ0n) is 12.9. The molecule has 1 aromatic rings. The smallest absolute Gasteiger partial charge is 0.307 e. The molecule has 0 amide bonds. The van der Waals surface area contributed by atoms with Gasteiger partial charge >= 0.3 is 5.97 Å². The van der Waals surface area contributed by atoms with Crippen molar-refractivity contribution >= 4 is 5.97 Å². The van der Waals surface area contributed by atoms with Gasteiger partial charge in [-0.2, -0.15) is 0 Å². The number of ether oxygens (including phenoxy) is 2. The number of aliphatic carboxylic acids is 1. The van der Waals surface area contributed by atoms with E-state index in [1.165, 1.54) is 0 Å². The van der Waals surface area contributed by atoms with Gasteiger partial charge in [0.1, 0.15) is 0 Å². The molecule has 0 aliphatic carbocycles. The first-order chi connectivity index (χ1) is 9.29.